The molecule has 1 fully saturated rings. The van der Waals surface area contributed by atoms with Crippen molar-refractivity contribution in [3.05, 3.63) is 54.1 Å². The summed E-state index contributed by atoms with van der Waals surface area (Å²) in [4.78, 5) is 26.5. The third kappa shape index (κ3) is 4.19. The average Bonchev–Trinajstić information content (AvgIpc) is 2.69. The van der Waals surface area contributed by atoms with Crippen molar-refractivity contribution in [3.63, 3.8) is 0 Å². The predicted octanol–water partition coefficient (Wildman–Crippen LogP) is 3.13. The molecule has 0 aliphatic carbocycles. The number of rotatable bonds is 3. The van der Waals surface area contributed by atoms with E-state index in [1.54, 1.807) is 36.4 Å². The van der Waals surface area contributed by atoms with E-state index in [0.717, 1.165) is 18.8 Å². The van der Waals surface area contributed by atoms with E-state index >= 15 is 0 Å². The Morgan fingerprint density at radius 1 is 0.885 bits per heavy atom. The highest BCUT2D eigenvalue weighted by molar-refractivity contribution is 6.43. The number of carbonyl (C=O) groups excluding carboxylic acids is 2. The van der Waals surface area contributed by atoms with Gasteiger partial charge in [0.2, 0.25) is 0 Å². The van der Waals surface area contributed by atoms with E-state index in [0.29, 0.717) is 16.9 Å². The second-order valence-corrected chi connectivity index (χ2v) is 6.16. The number of nitrogens with one attached hydrogen (secondary N) is 2. The first-order valence-electron chi connectivity index (χ1n) is 8.64. The van der Waals surface area contributed by atoms with Crippen LogP contribution in [0.5, 0.6) is 0 Å². The summed E-state index contributed by atoms with van der Waals surface area (Å²) in [5.74, 6) is -1.59. The number of amides is 2. The lowest BCUT2D eigenvalue weighted by Crippen LogP contribution is -2.30. The molecule has 2 aromatic rings. The highest BCUT2D eigenvalue weighted by Gasteiger charge is 2.16. The summed E-state index contributed by atoms with van der Waals surface area (Å²) < 4.78 is 0. The van der Waals surface area contributed by atoms with Crippen molar-refractivity contribution in [2.45, 2.75) is 19.3 Å². The van der Waals surface area contributed by atoms with Crippen molar-refractivity contribution in [3.8, 4) is 6.07 Å². The van der Waals surface area contributed by atoms with Crippen LogP contribution in [0.2, 0.25) is 0 Å². The fourth-order valence-electron chi connectivity index (χ4n) is 2.96. The molecule has 0 saturated carbocycles. The van der Waals surface area contributed by atoms with Gasteiger partial charge >= 0.3 is 11.8 Å². The van der Waals surface area contributed by atoms with Gasteiger partial charge in [0, 0.05) is 24.5 Å². The minimum absolute atomic E-state index is 0.305. The van der Waals surface area contributed by atoms with Crippen LogP contribution in [0.3, 0.4) is 0 Å². The molecule has 1 heterocycles. The van der Waals surface area contributed by atoms with E-state index in [1.165, 1.54) is 19.3 Å². The van der Waals surface area contributed by atoms with Crippen molar-refractivity contribution < 1.29 is 9.59 Å². The molecule has 0 radical (unpaired) electrons. The monoisotopic (exact) mass is 348 g/mol. The van der Waals surface area contributed by atoms with E-state index in [2.05, 4.69) is 15.5 Å². The number of nitrogens with zero attached hydrogens (tertiary/aromatic N) is 2. The molecule has 2 amide bonds. The predicted molar refractivity (Wildman–Crippen MR) is 101 cm³/mol. The smallest absolute Gasteiger partial charge is 0.314 e. The largest absolute Gasteiger partial charge is 0.372 e. The van der Waals surface area contributed by atoms with Crippen LogP contribution in [0, 0.1) is 11.3 Å². The lowest BCUT2D eigenvalue weighted by molar-refractivity contribution is -0.133. The van der Waals surface area contributed by atoms with E-state index in [1.807, 2.05) is 18.2 Å². The Morgan fingerprint density at radius 2 is 1.54 bits per heavy atom. The first-order valence-corrected chi connectivity index (χ1v) is 8.64. The fraction of sp³-hybridized carbons (Fsp3) is 0.250. The van der Waals surface area contributed by atoms with Crippen molar-refractivity contribution in [1.29, 1.82) is 5.26 Å². The number of anilines is 3. The Labute approximate surface area is 152 Å². The molecule has 0 spiro atoms. The zero-order chi connectivity index (χ0) is 18.4. The van der Waals surface area contributed by atoms with Crippen molar-refractivity contribution in [2.24, 2.45) is 0 Å². The summed E-state index contributed by atoms with van der Waals surface area (Å²) >= 11 is 0. The Balaban J connectivity index is 1.60. The normalized spacial score (nSPS) is 13.6. The van der Waals surface area contributed by atoms with E-state index in [-0.39, 0.29) is 0 Å². The quantitative estimate of drug-likeness (QED) is 0.835. The molecular weight excluding hydrogens is 328 g/mol. The number of hydrogen-bond donors (Lipinski definition) is 2. The van der Waals surface area contributed by atoms with Crippen molar-refractivity contribution in [2.75, 3.05) is 28.6 Å². The highest BCUT2D eigenvalue weighted by atomic mass is 16.2. The van der Waals surface area contributed by atoms with Gasteiger partial charge in [-0.2, -0.15) is 5.26 Å². The number of piperidine rings is 1. The molecule has 1 saturated heterocycles. The zero-order valence-corrected chi connectivity index (χ0v) is 14.4. The maximum absolute atomic E-state index is 12.1. The van der Waals surface area contributed by atoms with Gasteiger partial charge in [0.05, 0.1) is 11.3 Å². The summed E-state index contributed by atoms with van der Waals surface area (Å²) in [7, 11) is 0. The van der Waals surface area contributed by atoms with E-state index < -0.39 is 11.8 Å². The second kappa shape index (κ2) is 8.17. The summed E-state index contributed by atoms with van der Waals surface area (Å²) in [6.07, 6.45) is 3.67. The van der Waals surface area contributed by atoms with Gasteiger partial charge in [-0.1, -0.05) is 12.1 Å². The topological polar surface area (TPSA) is 85.2 Å². The van der Waals surface area contributed by atoms with Crippen LogP contribution in [0.4, 0.5) is 17.1 Å². The summed E-state index contributed by atoms with van der Waals surface area (Å²) in [6, 6.07) is 16.0. The highest BCUT2D eigenvalue weighted by Crippen LogP contribution is 2.22. The molecule has 6 nitrogen and oxygen atoms in total. The molecule has 1 aliphatic rings. The number of carbonyl (C=O) groups is 2. The standard InChI is InChI=1S/C20H20N4O2/c21-14-15-6-2-3-7-18(15)23-20(26)19(25)22-16-8-10-17(11-9-16)24-12-4-1-5-13-24/h2-3,6-11H,1,4-5,12-13H2,(H,22,25)(H,23,26). The molecule has 3 rings (SSSR count). The molecule has 0 atom stereocenters. The van der Waals surface area contributed by atoms with Crippen LogP contribution in [-0.2, 0) is 9.59 Å². The van der Waals surface area contributed by atoms with Gasteiger partial charge in [-0.25, -0.2) is 0 Å². The molecule has 0 bridgehead atoms. The lowest BCUT2D eigenvalue weighted by atomic mass is 10.1. The zero-order valence-electron chi connectivity index (χ0n) is 14.4. The summed E-state index contributed by atoms with van der Waals surface area (Å²) in [5, 5.41) is 14.1. The van der Waals surface area contributed by atoms with Gasteiger partial charge < -0.3 is 15.5 Å². The Kier molecular flexibility index (Phi) is 5.49. The minimum Gasteiger partial charge on any atom is -0.372 e. The second-order valence-electron chi connectivity index (χ2n) is 6.16. The number of nitriles is 1. The maximum Gasteiger partial charge on any atom is 0.314 e. The van der Waals surface area contributed by atoms with Crippen LogP contribution in [0.15, 0.2) is 48.5 Å². The van der Waals surface area contributed by atoms with Gasteiger partial charge in [-0.15, -0.1) is 0 Å². The molecule has 0 aromatic heterocycles. The number of para-hydroxylation sites is 1. The van der Waals surface area contributed by atoms with Crippen molar-refractivity contribution in [1.82, 2.24) is 0 Å². The molecule has 26 heavy (non-hydrogen) atoms. The summed E-state index contributed by atoms with van der Waals surface area (Å²) in [5.41, 5.74) is 2.30. The molecule has 6 heteroatoms. The van der Waals surface area contributed by atoms with Crippen LogP contribution in [0.25, 0.3) is 0 Å². The van der Waals surface area contributed by atoms with Crippen LogP contribution < -0.4 is 15.5 Å². The van der Waals surface area contributed by atoms with Gasteiger partial charge in [0.15, 0.2) is 0 Å². The lowest BCUT2D eigenvalue weighted by Gasteiger charge is -2.28. The first kappa shape index (κ1) is 17.5. The molecule has 2 N–H and O–H groups in total. The van der Waals surface area contributed by atoms with Crippen LogP contribution >= 0.6 is 0 Å². The maximum atomic E-state index is 12.1. The van der Waals surface area contributed by atoms with Crippen molar-refractivity contribution >= 4 is 28.9 Å². The number of hydrogen-bond acceptors (Lipinski definition) is 4. The van der Waals surface area contributed by atoms with Crippen LogP contribution in [0.1, 0.15) is 24.8 Å². The van der Waals surface area contributed by atoms with Gasteiger partial charge in [0.25, 0.3) is 0 Å². The minimum atomic E-state index is -0.812. The van der Waals surface area contributed by atoms with E-state index in [4.69, 9.17) is 5.26 Å². The molecule has 132 valence electrons. The van der Waals surface area contributed by atoms with Crippen LogP contribution in [-0.4, -0.2) is 24.9 Å². The Hall–Kier alpha value is -3.33. The van der Waals surface area contributed by atoms with Gasteiger partial charge in [-0.3, -0.25) is 9.59 Å². The SMILES string of the molecule is N#Cc1ccccc1NC(=O)C(=O)Nc1ccc(N2CCCCC2)cc1. The summed E-state index contributed by atoms with van der Waals surface area (Å²) in [6.45, 7) is 2.10. The third-order valence-electron chi connectivity index (χ3n) is 4.35. The fourth-order valence-corrected chi connectivity index (χ4v) is 2.96. The van der Waals surface area contributed by atoms with E-state index in [9.17, 15) is 9.59 Å². The molecule has 2 aromatic carbocycles. The average molecular weight is 348 g/mol. The Bertz CT molecular complexity index is 834. The van der Waals surface area contributed by atoms with Gasteiger partial charge in [-0.05, 0) is 55.7 Å². The molecule has 0 unspecified atom stereocenters. The molecule has 1 aliphatic heterocycles. The Morgan fingerprint density at radius 3 is 2.23 bits per heavy atom. The molecular formula is C20H20N4O2. The van der Waals surface area contributed by atoms with Gasteiger partial charge in [0.1, 0.15) is 6.07 Å². The first-order chi connectivity index (χ1) is 12.7. The number of benzene rings is 2. The third-order valence-corrected chi connectivity index (χ3v) is 4.35.